The lowest BCUT2D eigenvalue weighted by atomic mass is 10.0. The highest BCUT2D eigenvalue weighted by Gasteiger charge is 2.31. The van der Waals surface area contributed by atoms with E-state index >= 15 is 0 Å². The molecule has 1 heterocycles. The topological polar surface area (TPSA) is 69.6 Å². The quantitative estimate of drug-likeness (QED) is 0.836. The molecule has 2 rings (SSSR count). The summed E-state index contributed by atoms with van der Waals surface area (Å²) < 4.78 is 0. The highest BCUT2D eigenvalue weighted by atomic mass is 35.5. The number of rotatable bonds is 3. The van der Waals surface area contributed by atoms with Crippen LogP contribution in [0.5, 0.6) is 5.75 Å². The average molecular weight is 317 g/mol. The molecule has 1 aliphatic rings. The Morgan fingerprint density at radius 2 is 2.10 bits per heavy atom. The molecule has 2 amide bonds. The van der Waals surface area contributed by atoms with Gasteiger partial charge in [0.1, 0.15) is 5.75 Å². The van der Waals surface area contributed by atoms with Gasteiger partial charge in [0.05, 0.1) is 11.1 Å². The van der Waals surface area contributed by atoms with E-state index in [4.69, 9.17) is 23.2 Å². The van der Waals surface area contributed by atoms with Crippen molar-refractivity contribution in [3.63, 3.8) is 0 Å². The van der Waals surface area contributed by atoms with Gasteiger partial charge in [-0.2, -0.15) is 0 Å². The summed E-state index contributed by atoms with van der Waals surface area (Å²) in [6.45, 7) is 0.241. The van der Waals surface area contributed by atoms with Crippen molar-refractivity contribution in [1.29, 1.82) is 0 Å². The summed E-state index contributed by atoms with van der Waals surface area (Å²) in [7, 11) is 1.46. The molecule has 0 radical (unpaired) electrons. The van der Waals surface area contributed by atoms with Gasteiger partial charge < -0.3 is 10.4 Å². The summed E-state index contributed by atoms with van der Waals surface area (Å²) in [5.41, 5.74) is 0.509. The second-order valence-corrected chi connectivity index (χ2v) is 5.50. The first-order chi connectivity index (χ1) is 9.40. The fraction of sp³-hybridized carbons (Fsp3) is 0.385. The first-order valence-electron chi connectivity index (χ1n) is 6.11. The van der Waals surface area contributed by atoms with E-state index in [-0.39, 0.29) is 29.1 Å². The van der Waals surface area contributed by atoms with Crippen molar-refractivity contribution in [2.24, 2.45) is 0 Å². The smallest absolute Gasteiger partial charge is 0.246 e. The number of hydrogen-bond acceptors (Lipinski definition) is 4. The van der Waals surface area contributed by atoms with E-state index in [1.54, 1.807) is 6.07 Å². The molecule has 5 nitrogen and oxygen atoms in total. The van der Waals surface area contributed by atoms with E-state index in [1.807, 2.05) is 0 Å². The number of carbonyl (C=O) groups is 2. The van der Waals surface area contributed by atoms with Gasteiger partial charge in [-0.3, -0.25) is 14.5 Å². The van der Waals surface area contributed by atoms with Crippen LogP contribution in [0.4, 0.5) is 0 Å². The van der Waals surface area contributed by atoms with Crippen LogP contribution in [0.2, 0.25) is 10.0 Å². The van der Waals surface area contributed by atoms with E-state index in [0.717, 1.165) is 4.90 Å². The minimum atomic E-state index is -0.449. The largest absolute Gasteiger partial charge is 0.506 e. The van der Waals surface area contributed by atoms with Gasteiger partial charge in [0.25, 0.3) is 0 Å². The van der Waals surface area contributed by atoms with Crippen LogP contribution in [0.3, 0.4) is 0 Å². The van der Waals surface area contributed by atoms with Crippen LogP contribution in [0, 0.1) is 0 Å². The zero-order valence-corrected chi connectivity index (χ0v) is 12.3. The number of imide groups is 1. The number of benzene rings is 1. The molecule has 1 aromatic carbocycles. The molecule has 1 aliphatic heterocycles. The summed E-state index contributed by atoms with van der Waals surface area (Å²) in [6, 6.07) is 2.58. The Labute approximate surface area is 126 Å². The van der Waals surface area contributed by atoms with Gasteiger partial charge in [-0.05, 0) is 18.6 Å². The zero-order valence-electron chi connectivity index (χ0n) is 10.8. The summed E-state index contributed by atoms with van der Waals surface area (Å²) in [6.07, 6.45) is 0.763. The molecule has 7 heteroatoms. The number of phenolic OH excluding ortho intramolecular Hbond substituents is 1. The first-order valence-corrected chi connectivity index (χ1v) is 6.86. The monoisotopic (exact) mass is 316 g/mol. The van der Waals surface area contributed by atoms with Crippen LogP contribution in [-0.4, -0.2) is 34.9 Å². The molecule has 1 fully saturated rings. The Morgan fingerprint density at radius 3 is 2.80 bits per heavy atom. The van der Waals surface area contributed by atoms with E-state index < -0.39 is 6.04 Å². The van der Waals surface area contributed by atoms with E-state index in [0.29, 0.717) is 23.4 Å². The van der Waals surface area contributed by atoms with Crippen LogP contribution >= 0.6 is 23.2 Å². The van der Waals surface area contributed by atoms with E-state index in [9.17, 15) is 14.7 Å². The maximum absolute atomic E-state index is 11.9. The molecular weight excluding hydrogens is 303 g/mol. The maximum atomic E-state index is 11.9. The number of likely N-dealkylation sites (tertiary alicyclic amines) is 1. The SMILES string of the molecule is CN1C(=O)CCC(NCc2cc(Cl)cc(Cl)c2O)C1=O. The van der Waals surface area contributed by atoms with Crippen LogP contribution in [0.15, 0.2) is 12.1 Å². The predicted octanol–water partition coefficient (Wildman–Crippen LogP) is 1.94. The lowest BCUT2D eigenvalue weighted by Crippen LogP contribution is -2.51. The second kappa shape index (κ2) is 5.99. The maximum Gasteiger partial charge on any atom is 0.246 e. The van der Waals surface area contributed by atoms with Crippen molar-refractivity contribution in [1.82, 2.24) is 10.2 Å². The number of phenols is 1. The summed E-state index contributed by atoms with van der Waals surface area (Å²) >= 11 is 11.7. The average Bonchev–Trinajstić information content (AvgIpc) is 2.40. The standard InChI is InChI=1S/C13H14Cl2N2O3/c1-17-11(18)3-2-10(13(17)20)16-6-7-4-8(14)5-9(15)12(7)19/h4-5,10,16,19H,2-3,6H2,1H3. The van der Waals surface area contributed by atoms with Gasteiger partial charge in [-0.15, -0.1) is 0 Å². The highest BCUT2D eigenvalue weighted by molar-refractivity contribution is 6.35. The Hall–Kier alpha value is -1.30. The van der Waals surface area contributed by atoms with Gasteiger partial charge in [0, 0.05) is 30.6 Å². The fourth-order valence-corrected chi connectivity index (χ4v) is 2.63. The molecule has 1 unspecified atom stereocenters. The molecule has 2 N–H and O–H groups in total. The van der Waals surface area contributed by atoms with Gasteiger partial charge in [-0.1, -0.05) is 23.2 Å². The summed E-state index contributed by atoms with van der Waals surface area (Å²) in [5, 5.41) is 13.4. The van der Waals surface area contributed by atoms with Crippen molar-refractivity contribution in [3.8, 4) is 5.75 Å². The zero-order chi connectivity index (χ0) is 14.9. The second-order valence-electron chi connectivity index (χ2n) is 4.66. The third-order valence-electron chi connectivity index (χ3n) is 3.30. The van der Waals surface area contributed by atoms with Crippen molar-refractivity contribution in [2.45, 2.75) is 25.4 Å². The summed E-state index contributed by atoms with van der Waals surface area (Å²) in [4.78, 5) is 24.4. The summed E-state index contributed by atoms with van der Waals surface area (Å²) in [5.74, 6) is -0.508. The van der Waals surface area contributed by atoms with Gasteiger partial charge in [-0.25, -0.2) is 0 Å². The van der Waals surface area contributed by atoms with Crippen LogP contribution in [0.25, 0.3) is 0 Å². The molecule has 1 atom stereocenters. The van der Waals surface area contributed by atoms with Gasteiger partial charge in [0.2, 0.25) is 11.8 Å². The van der Waals surface area contributed by atoms with Crippen molar-refractivity contribution in [2.75, 3.05) is 7.05 Å². The predicted molar refractivity (Wildman–Crippen MR) is 75.8 cm³/mol. The third-order valence-corrected chi connectivity index (χ3v) is 3.80. The molecule has 1 saturated heterocycles. The van der Waals surface area contributed by atoms with Crippen LogP contribution in [-0.2, 0) is 16.1 Å². The molecule has 0 aromatic heterocycles. The fourth-order valence-electron chi connectivity index (χ4n) is 2.09. The highest BCUT2D eigenvalue weighted by Crippen LogP contribution is 2.31. The Kier molecular flexibility index (Phi) is 4.52. The Morgan fingerprint density at radius 1 is 1.40 bits per heavy atom. The normalized spacial score (nSPS) is 19.6. The Balaban J connectivity index is 2.06. The molecule has 108 valence electrons. The van der Waals surface area contributed by atoms with Crippen molar-refractivity contribution < 1.29 is 14.7 Å². The number of aromatic hydroxyl groups is 1. The minimum Gasteiger partial charge on any atom is -0.506 e. The third kappa shape index (κ3) is 3.06. The van der Waals surface area contributed by atoms with Crippen molar-refractivity contribution in [3.05, 3.63) is 27.7 Å². The molecule has 0 aliphatic carbocycles. The lowest BCUT2D eigenvalue weighted by Gasteiger charge is -2.28. The number of piperidine rings is 1. The van der Waals surface area contributed by atoms with E-state index in [1.165, 1.54) is 13.1 Å². The number of likely N-dealkylation sites (N-methyl/N-ethyl adjacent to an activating group) is 1. The molecule has 20 heavy (non-hydrogen) atoms. The number of nitrogens with zero attached hydrogens (tertiary/aromatic N) is 1. The molecule has 0 spiro atoms. The number of halogens is 2. The molecule has 1 aromatic rings. The number of nitrogens with one attached hydrogen (secondary N) is 1. The molecular formula is C13H14Cl2N2O3. The number of amides is 2. The van der Waals surface area contributed by atoms with Crippen LogP contribution in [0.1, 0.15) is 18.4 Å². The molecule has 0 bridgehead atoms. The number of carbonyl (C=O) groups excluding carboxylic acids is 2. The minimum absolute atomic E-state index is 0.0590. The van der Waals surface area contributed by atoms with E-state index in [2.05, 4.69) is 5.32 Å². The van der Waals surface area contributed by atoms with Crippen LogP contribution < -0.4 is 5.32 Å². The first kappa shape index (κ1) is 15.1. The van der Waals surface area contributed by atoms with Gasteiger partial charge >= 0.3 is 0 Å². The Bertz CT molecular complexity index is 563. The number of hydrogen-bond donors (Lipinski definition) is 2. The lowest BCUT2D eigenvalue weighted by molar-refractivity contribution is -0.148. The van der Waals surface area contributed by atoms with Crippen molar-refractivity contribution >= 4 is 35.0 Å². The van der Waals surface area contributed by atoms with Gasteiger partial charge in [0.15, 0.2) is 0 Å². The molecule has 0 saturated carbocycles.